The molecular weight excluding hydrogens is 243 g/mol. The maximum absolute atomic E-state index is 12.5. The van der Waals surface area contributed by atoms with Gasteiger partial charge in [0.1, 0.15) is 12.4 Å². The first-order valence-electron chi connectivity index (χ1n) is 5.85. The summed E-state index contributed by atoms with van der Waals surface area (Å²) >= 11 is 0. The van der Waals surface area contributed by atoms with Crippen LogP contribution in [0.3, 0.4) is 0 Å². The van der Waals surface area contributed by atoms with Crippen LogP contribution >= 0.6 is 0 Å². The molecule has 0 spiro atoms. The molecule has 1 atom stereocenters. The highest BCUT2D eigenvalue weighted by Crippen LogP contribution is 2.31. The number of rotatable bonds is 5. The number of hydrogen-bond acceptors (Lipinski definition) is 2. The summed E-state index contributed by atoms with van der Waals surface area (Å²) < 4.78 is 42.8. The summed E-state index contributed by atoms with van der Waals surface area (Å²) in [5.41, 5.74) is -0.690. The summed E-state index contributed by atoms with van der Waals surface area (Å²) in [6, 6.07) is 5.31. The lowest BCUT2D eigenvalue weighted by Gasteiger charge is -2.18. The minimum atomic E-state index is -4.33. The topological polar surface area (TPSA) is 21.3 Å². The largest absolute Gasteiger partial charge is 0.492 e. The van der Waals surface area contributed by atoms with Crippen molar-refractivity contribution in [3.8, 4) is 5.75 Å². The molecule has 1 aromatic carbocycles. The van der Waals surface area contributed by atoms with E-state index >= 15 is 0 Å². The Kier molecular flexibility index (Phi) is 5.02. The molecule has 0 heterocycles. The summed E-state index contributed by atoms with van der Waals surface area (Å²) in [4.78, 5) is 0. The number of halogens is 3. The van der Waals surface area contributed by atoms with Crippen LogP contribution in [0.2, 0.25) is 0 Å². The van der Waals surface area contributed by atoms with Crippen LogP contribution in [0.5, 0.6) is 5.75 Å². The molecule has 102 valence electrons. The lowest BCUT2D eigenvalue weighted by atomic mass is 10.2. The van der Waals surface area contributed by atoms with Crippen LogP contribution in [0.1, 0.15) is 26.3 Å². The van der Waals surface area contributed by atoms with Crippen LogP contribution in [0.4, 0.5) is 13.2 Å². The van der Waals surface area contributed by atoms with Gasteiger partial charge < -0.3 is 10.1 Å². The van der Waals surface area contributed by atoms with Gasteiger partial charge in [0, 0.05) is 12.1 Å². The third-order valence-corrected chi connectivity index (χ3v) is 2.28. The number of hydrogen-bond donors (Lipinski definition) is 1. The third-order valence-electron chi connectivity index (χ3n) is 2.28. The Hall–Kier alpha value is -1.23. The van der Waals surface area contributed by atoms with E-state index in [-0.39, 0.29) is 11.8 Å². The van der Waals surface area contributed by atoms with Crippen LogP contribution in [0.15, 0.2) is 24.3 Å². The van der Waals surface area contributed by atoms with Crippen molar-refractivity contribution >= 4 is 0 Å². The Morgan fingerprint density at radius 2 is 1.89 bits per heavy atom. The number of alkyl halides is 3. The summed E-state index contributed by atoms with van der Waals surface area (Å²) in [6.45, 7) is 6.26. The number of nitrogens with one attached hydrogen (secondary N) is 1. The average Bonchev–Trinajstić information content (AvgIpc) is 2.25. The van der Waals surface area contributed by atoms with Crippen molar-refractivity contribution in [1.29, 1.82) is 0 Å². The van der Waals surface area contributed by atoms with Crippen molar-refractivity contribution in [2.24, 2.45) is 0 Å². The molecule has 1 unspecified atom stereocenters. The van der Waals surface area contributed by atoms with Gasteiger partial charge in [0.2, 0.25) is 0 Å². The monoisotopic (exact) mass is 261 g/mol. The highest BCUT2D eigenvalue weighted by Gasteiger charge is 2.30. The smallest absolute Gasteiger partial charge is 0.416 e. The molecule has 0 aliphatic carbocycles. The van der Waals surface area contributed by atoms with Gasteiger partial charge in [-0.1, -0.05) is 19.9 Å². The normalized spacial score (nSPS) is 13.7. The summed E-state index contributed by atoms with van der Waals surface area (Å²) in [5, 5.41) is 3.21. The van der Waals surface area contributed by atoms with E-state index in [2.05, 4.69) is 5.32 Å². The Balaban J connectivity index is 2.58. The standard InChI is InChI=1S/C13H18F3NO/c1-9(2)17-10(3)8-18-12-6-4-5-11(7-12)13(14,15)16/h4-7,9-10,17H,8H2,1-3H3. The molecule has 0 fully saturated rings. The molecule has 5 heteroatoms. The molecule has 1 N–H and O–H groups in total. The minimum Gasteiger partial charge on any atom is -0.492 e. The minimum absolute atomic E-state index is 0.0829. The van der Waals surface area contributed by atoms with Gasteiger partial charge in [0.25, 0.3) is 0 Å². The molecular formula is C13H18F3NO. The SMILES string of the molecule is CC(C)NC(C)COc1cccc(C(F)(F)F)c1. The van der Waals surface area contributed by atoms with Crippen molar-refractivity contribution in [1.82, 2.24) is 5.32 Å². The molecule has 0 saturated heterocycles. The van der Waals surface area contributed by atoms with E-state index in [1.54, 1.807) is 0 Å². The molecule has 0 radical (unpaired) electrons. The lowest BCUT2D eigenvalue weighted by Crippen LogP contribution is -2.36. The second kappa shape index (κ2) is 6.09. The molecule has 0 aliphatic heterocycles. The first-order chi connectivity index (χ1) is 8.29. The fourth-order valence-electron chi connectivity index (χ4n) is 1.60. The van der Waals surface area contributed by atoms with Gasteiger partial charge in [-0.2, -0.15) is 13.2 Å². The van der Waals surface area contributed by atoms with Crippen molar-refractivity contribution in [2.45, 2.75) is 39.0 Å². The van der Waals surface area contributed by atoms with Crippen molar-refractivity contribution in [3.05, 3.63) is 29.8 Å². The Morgan fingerprint density at radius 1 is 1.22 bits per heavy atom. The molecule has 1 aromatic rings. The lowest BCUT2D eigenvalue weighted by molar-refractivity contribution is -0.137. The molecule has 2 nitrogen and oxygen atoms in total. The van der Waals surface area contributed by atoms with Crippen LogP contribution < -0.4 is 10.1 Å². The molecule has 0 aromatic heterocycles. The molecule has 0 amide bonds. The van der Waals surface area contributed by atoms with E-state index in [1.807, 2.05) is 20.8 Å². The molecule has 0 bridgehead atoms. The maximum atomic E-state index is 12.5. The third kappa shape index (κ3) is 4.96. The zero-order valence-corrected chi connectivity index (χ0v) is 10.7. The second-order valence-corrected chi connectivity index (χ2v) is 4.56. The zero-order valence-electron chi connectivity index (χ0n) is 10.7. The quantitative estimate of drug-likeness (QED) is 0.876. The molecule has 1 rings (SSSR count). The van der Waals surface area contributed by atoms with Crippen molar-refractivity contribution in [3.63, 3.8) is 0 Å². The molecule has 0 aliphatic rings. The van der Waals surface area contributed by atoms with Gasteiger partial charge in [-0.3, -0.25) is 0 Å². The van der Waals surface area contributed by atoms with Crippen LogP contribution in [-0.2, 0) is 6.18 Å². The summed E-state index contributed by atoms with van der Waals surface area (Å²) in [6.07, 6.45) is -4.33. The van der Waals surface area contributed by atoms with Crippen LogP contribution in [-0.4, -0.2) is 18.7 Å². The predicted molar refractivity (Wildman–Crippen MR) is 64.7 cm³/mol. The highest BCUT2D eigenvalue weighted by atomic mass is 19.4. The van der Waals surface area contributed by atoms with E-state index in [1.165, 1.54) is 12.1 Å². The number of benzene rings is 1. The van der Waals surface area contributed by atoms with E-state index in [0.29, 0.717) is 12.6 Å². The predicted octanol–water partition coefficient (Wildman–Crippen LogP) is 3.47. The van der Waals surface area contributed by atoms with Gasteiger partial charge in [-0.25, -0.2) is 0 Å². The van der Waals surface area contributed by atoms with Crippen molar-refractivity contribution in [2.75, 3.05) is 6.61 Å². The second-order valence-electron chi connectivity index (χ2n) is 4.56. The maximum Gasteiger partial charge on any atom is 0.416 e. The van der Waals surface area contributed by atoms with Gasteiger partial charge in [0.05, 0.1) is 5.56 Å². The highest BCUT2D eigenvalue weighted by molar-refractivity contribution is 5.30. The number of ether oxygens (including phenoxy) is 1. The van der Waals surface area contributed by atoms with E-state index < -0.39 is 11.7 Å². The molecule has 18 heavy (non-hydrogen) atoms. The van der Waals surface area contributed by atoms with Crippen LogP contribution in [0, 0.1) is 0 Å². The van der Waals surface area contributed by atoms with Gasteiger partial charge >= 0.3 is 6.18 Å². The first kappa shape index (κ1) is 14.8. The Labute approximate surface area is 105 Å². The Morgan fingerprint density at radius 3 is 2.44 bits per heavy atom. The Bertz CT molecular complexity index is 377. The molecule has 0 saturated carbocycles. The van der Waals surface area contributed by atoms with Crippen LogP contribution in [0.25, 0.3) is 0 Å². The summed E-state index contributed by atoms with van der Waals surface area (Å²) in [7, 11) is 0. The first-order valence-corrected chi connectivity index (χ1v) is 5.85. The average molecular weight is 261 g/mol. The van der Waals surface area contributed by atoms with Crippen molar-refractivity contribution < 1.29 is 17.9 Å². The van der Waals surface area contributed by atoms with Gasteiger partial charge in [0.15, 0.2) is 0 Å². The summed E-state index contributed by atoms with van der Waals surface area (Å²) in [5.74, 6) is 0.238. The van der Waals surface area contributed by atoms with Gasteiger partial charge in [-0.15, -0.1) is 0 Å². The zero-order chi connectivity index (χ0) is 13.8. The fraction of sp³-hybridized carbons (Fsp3) is 0.538. The fourth-order valence-corrected chi connectivity index (χ4v) is 1.60. The van der Waals surface area contributed by atoms with E-state index in [9.17, 15) is 13.2 Å². The van der Waals surface area contributed by atoms with E-state index in [4.69, 9.17) is 4.74 Å². The van der Waals surface area contributed by atoms with E-state index in [0.717, 1.165) is 12.1 Å². The van der Waals surface area contributed by atoms with Gasteiger partial charge in [-0.05, 0) is 25.1 Å².